The van der Waals surface area contributed by atoms with Gasteiger partial charge in [0.2, 0.25) is 5.91 Å². The number of methoxy groups -OCH3 is 2. The first-order valence-corrected chi connectivity index (χ1v) is 10.7. The zero-order valence-corrected chi connectivity index (χ0v) is 17.4. The second-order valence-electron chi connectivity index (χ2n) is 6.49. The van der Waals surface area contributed by atoms with E-state index in [0.29, 0.717) is 23.2 Å². The van der Waals surface area contributed by atoms with Crippen molar-refractivity contribution in [3.8, 4) is 22.8 Å². The molecule has 0 radical (unpaired) electrons. The molecule has 1 N–H and O–H groups in total. The number of hydrogen-bond donors (Lipinski definition) is 1. The smallest absolute Gasteiger partial charge is 0.240 e. The third-order valence-corrected chi connectivity index (χ3v) is 6.46. The van der Waals surface area contributed by atoms with Crippen molar-refractivity contribution in [2.75, 3.05) is 32.6 Å². The van der Waals surface area contributed by atoms with E-state index in [4.69, 9.17) is 9.47 Å². The molecule has 0 unspecified atom stereocenters. The number of fused-ring (bicyclic) bond motifs is 1. The fraction of sp³-hybridized carbons (Fsp3) is 0.300. The van der Waals surface area contributed by atoms with Crippen molar-refractivity contribution in [3.63, 3.8) is 0 Å². The van der Waals surface area contributed by atoms with Gasteiger partial charge < -0.3 is 14.8 Å². The van der Waals surface area contributed by atoms with E-state index in [1.165, 1.54) is 21.8 Å². The number of aromatic nitrogens is 1. The number of anilines is 1. The maximum Gasteiger partial charge on any atom is 0.240 e. The number of thiophene rings is 1. The van der Waals surface area contributed by atoms with Gasteiger partial charge in [0.25, 0.3) is 0 Å². The first-order valence-electron chi connectivity index (χ1n) is 8.91. The van der Waals surface area contributed by atoms with Gasteiger partial charge in [0, 0.05) is 28.9 Å². The van der Waals surface area contributed by atoms with Crippen LogP contribution in [-0.2, 0) is 17.8 Å². The molecule has 1 aromatic carbocycles. The first kappa shape index (κ1) is 18.9. The molecule has 0 aliphatic carbocycles. The second kappa shape index (κ2) is 8.30. The van der Waals surface area contributed by atoms with E-state index in [1.54, 1.807) is 25.6 Å². The molecule has 0 saturated carbocycles. The summed E-state index contributed by atoms with van der Waals surface area (Å²) in [4.78, 5) is 20.6. The molecule has 0 fully saturated rings. The van der Waals surface area contributed by atoms with Crippen molar-refractivity contribution >= 4 is 33.7 Å². The van der Waals surface area contributed by atoms with E-state index >= 15 is 0 Å². The zero-order chi connectivity index (χ0) is 19.5. The Morgan fingerprint density at radius 1 is 1.21 bits per heavy atom. The van der Waals surface area contributed by atoms with Gasteiger partial charge in [-0.15, -0.1) is 22.7 Å². The zero-order valence-electron chi connectivity index (χ0n) is 15.7. The SMILES string of the molecule is COc1ccc(-c2csc(NC(=O)CN3CCc4sccc4C3)n2)cc1OC. The molecule has 2 aromatic heterocycles. The van der Waals surface area contributed by atoms with Gasteiger partial charge in [-0.3, -0.25) is 9.69 Å². The number of benzene rings is 1. The van der Waals surface area contributed by atoms with Crippen LogP contribution in [0.4, 0.5) is 5.13 Å². The van der Waals surface area contributed by atoms with Gasteiger partial charge in [-0.05, 0) is 41.6 Å². The van der Waals surface area contributed by atoms with Crippen molar-refractivity contribution in [1.82, 2.24) is 9.88 Å². The third kappa shape index (κ3) is 4.04. The van der Waals surface area contributed by atoms with Crippen LogP contribution in [0.3, 0.4) is 0 Å². The number of carbonyl (C=O) groups excluding carboxylic acids is 1. The maximum atomic E-state index is 12.4. The lowest BCUT2D eigenvalue weighted by molar-refractivity contribution is -0.117. The highest BCUT2D eigenvalue weighted by atomic mass is 32.1. The van der Waals surface area contributed by atoms with Gasteiger partial charge in [0.1, 0.15) is 0 Å². The molecule has 0 bridgehead atoms. The maximum absolute atomic E-state index is 12.4. The number of thiazole rings is 1. The Kier molecular flexibility index (Phi) is 5.61. The fourth-order valence-electron chi connectivity index (χ4n) is 3.26. The topological polar surface area (TPSA) is 63.7 Å². The normalized spacial score (nSPS) is 13.8. The number of nitrogens with one attached hydrogen (secondary N) is 1. The lowest BCUT2D eigenvalue weighted by atomic mass is 10.1. The van der Waals surface area contributed by atoms with Crippen LogP contribution in [0.25, 0.3) is 11.3 Å². The summed E-state index contributed by atoms with van der Waals surface area (Å²) in [7, 11) is 3.21. The number of nitrogens with zero attached hydrogens (tertiary/aromatic N) is 2. The van der Waals surface area contributed by atoms with E-state index in [9.17, 15) is 4.79 Å². The Balaban J connectivity index is 1.39. The molecule has 0 saturated heterocycles. The summed E-state index contributed by atoms with van der Waals surface area (Å²) in [5.41, 5.74) is 3.05. The Labute approximate surface area is 171 Å². The molecule has 146 valence electrons. The van der Waals surface area contributed by atoms with Crippen LogP contribution in [-0.4, -0.2) is 43.1 Å². The summed E-state index contributed by atoms with van der Waals surface area (Å²) in [6.07, 6.45) is 1.01. The molecule has 1 amide bonds. The summed E-state index contributed by atoms with van der Waals surface area (Å²) >= 11 is 3.22. The summed E-state index contributed by atoms with van der Waals surface area (Å²) < 4.78 is 10.6. The highest BCUT2D eigenvalue weighted by Crippen LogP contribution is 2.33. The number of amides is 1. The lowest BCUT2D eigenvalue weighted by Gasteiger charge is -2.25. The average Bonchev–Trinajstić information content (AvgIpc) is 3.36. The molecule has 1 aliphatic heterocycles. The van der Waals surface area contributed by atoms with Crippen LogP contribution in [0.5, 0.6) is 11.5 Å². The van der Waals surface area contributed by atoms with Gasteiger partial charge in [0.05, 0.1) is 26.5 Å². The van der Waals surface area contributed by atoms with Crippen LogP contribution < -0.4 is 14.8 Å². The summed E-state index contributed by atoms with van der Waals surface area (Å²) in [6, 6.07) is 7.81. The Morgan fingerprint density at radius 3 is 2.89 bits per heavy atom. The molecular weight excluding hydrogens is 394 g/mol. The van der Waals surface area contributed by atoms with Crippen molar-refractivity contribution in [2.24, 2.45) is 0 Å². The predicted molar refractivity (Wildman–Crippen MR) is 113 cm³/mol. The first-order chi connectivity index (χ1) is 13.7. The summed E-state index contributed by atoms with van der Waals surface area (Å²) in [5.74, 6) is 1.29. The molecular formula is C20H21N3O3S2. The van der Waals surface area contributed by atoms with Gasteiger partial charge in [-0.1, -0.05) is 0 Å². The molecule has 0 atom stereocenters. The third-order valence-electron chi connectivity index (χ3n) is 4.68. The van der Waals surface area contributed by atoms with Crippen LogP contribution >= 0.6 is 22.7 Å². The van der Waals surface area contributed by atoms with Crippen LogP contribution in [0, 0.1) is 0 Å². The molecule has 3 heterocycles. The molecule has 4 rings (SSSR count). The van der Waals surface area contributed by atoms with Crippen LogP contribution in [0.15, 0.2) is 35.0 Å². The average molecular weight is 416 g/mol. The van der Waals surface area contributed by atoms with E-state index in [1.807, 2.05) is 23.6 Å². The number of rotatable bonds is 6. The van der Waals surface area contributed by atoms with Gasteiger partial charge in [-0.2, -0.15) is 0 Å². The Hall–Kier alpha value is -2.42. The largest absolute Gasteiger partial charge is 0.493 e. The van der Waals surface area contributed by atoms with Gasteiger partial charge in [0.15, 0.2) is 16.6 Å². The molecule has 3 aromatic rings. The number of carbonyl (C=O) groups is 1. The molecule has 6 nitrogen and oxygen atoms in total. The van der Waals surface area contributed by atoms with Crippen molar-refractivity contribution in [3.05, 3.63) is 45.5 Å². The fourth-order valence-corrected chi connectivity index (χ4v) is 4.89. The Morgan fingerprint density at radius 2 is 2.07 bits per heavy atom. The molecule has 8 heteroatoms. The predicted octanol–water partition coefficient (Wildman–Crippen LogP) is 3.89. The highest BCUT2D eigenvalue weighted by molar-refractivity contribution is 7.14. The van der Waals surface area contributed by atoms with Crippen molar-refractivity contribution < 1.29 is 14.3 Å². The van der Waals surface area contributed by atoms with Gasteiger partial charge >= 0.3 is 0 Å². The minimum atomic E-state index is -0.0353. The highest BCUT2D eigenvalue weighted by Gasteiger charge is 2.20. The standard InChI is InChI=1S/C20H21N3O3S2/c1-25-16-4-3-13(9-17(16)26-2)15-12-28-20(21-15)22-19(24)11-23-7-5-18-14(10-23)6-8-27-18/h3-4,6,8-9,12H,5,7,10-11H2,1-2H3,(H,21,22,24). The minimum absolute atomic E-state index is 0.0353. The van der Waals surface area contributed by atoms with Crippen LogP contribution in [0.1, 0.15) is 10.4 Å². The summed E-state index contributed by atoms with van der Waals surface area (Å²) in [5, 5.41) is 7.57. The van der Waals surface area contributed by atoms with E-state index < -0.39 is 0 Å². The van der Waals surface area contributed by atoms with E-state index in [0.717, 1.165) is 30.8 Å². The number of ether oxygens (including phenoxy) is 2. The molecule has 0 spiro atoms. The summed E-state index contributed by atoms with van der Waals surface area (Å²) in [6.45, 7) is 2.12. The quantitative estimate of drug-likeness (QED) is 0.662. The van der Waals surface area contributed by atoms with Crippen molar-refractivity contribution in [1.29, 1.82) is 0 Å². The van der Waals surface area contributed by atoms with E-state index in [-0.39, 0.29) is 5.91 Å². The van der Waals surface area contributed by atoms with E-state index in [2.05, 4.69) is 26.6 Å². The molecule has 28 heavy (non-hydrogen) atoms. The lowest BCUT2D eigenvalue weighted by Crippen LogP contribution is -2.36. The minimum Gasteiger partial charge on any atom is -0.493 e. The molecule has 1 aliphatic rings. The second-order valence-corrected chi connectivity index (χ2v) is 8.34. The Bertz CT molecular complexity index is 983. The van der Waals surface area contributed by atoms with Gasteiger partial charge in [-0.25, -0.2) is 4.98 Å². The monoisotopic (exact) mass is 415 g/mol. The van der Waals surface area contributed by atoms with Crippen molar-refractivity contribution in [2.45, 2.75) is 13.0 Å². The number of hydrogen-bond acceptors (Lipinski definition) is 7. The van der Waals surface area contributed by atoms with Crippen LogP contribution in [0.2, 0.25) is 0 Å².